The fraction of sp³-hybridized carbons (Fsp3) is 0.333. The molecule has 4 nitrogen and oxygen atoms in total. The zero-order valence-corrected chi connectivity index (χ0v) is 13.5. The van der Waals surface area contributed by atoms with Crippen LogP contribution in [0.15, 0.2) is 28.7 Å². The van der Waals surface area contributed by atoms with Crippen LogP contribution < -0.4 is 5.32 Å². The molecule has 5 heteroatoms. The molecule has 106 valence electrons. The highest BCUT2D eigenvalue weighted by Gasteiger charge is 2.07. The van der Waals surface area contributed by atoms with Gasteiger partial charge in [0.15, 0.2) is 0 Å². The number of aryl methyl sites for hydroxylation is 4. The number of halogens is 1. The van der Waals surface area contributed by atoms with Crippen LogP contribution in [-0.2, 0) is 11.3 Å². The monoisotopic (exact) mass is 335 g/mol. The average Bonchev–Trinajstić information content (AvgIpc) is 2.69. The number of carbonyl (C=O) groups is 1. The van der Waals surface area contributed by atoms with Gasteiger partial charge in [-0.2, -0.15) is 5.10 Å². The number of hydrogen-bond donors (Lipinski definition) is 1. The summed E-state index contributed by atoms with van der Waals surface area (Å²) in [6.07, 6.45) is 0.405. The van der Waals surface area contributed by atoms with Crippen molar-refractivity contribution in [2.24, 2.45) is 0 Å². The summed E-state index contributed by atoms with van der Waals surface area (Å²) in [7, 11) is 0. The molecule has 0 aliphatic rings. The second-order valence-corrected chi connectivity index (χ2v) is 5.79. The molecule has 0 saturated carbocycles. The number of rotatable bonds is 4. The van der Waals surface area contributed by atoms with E-state index in [4.69, 9.17) is 0 Å². The molecule has 0 aliphatic heterocycles. The molecule has 2 aromatic rings. The van der Waals surface area contributed by atoms with E-state index in [2.05, 4.69) is 26.3 Å². The number of amides is 1. The van der Waals surface area contributed by atoms with Crippen LogP contribution in [0.5, 0.6) is 0 Å². The fourth-order valence-electron chi connectivity index (χ4n) is 2.04. The molecular formula is C15H18BrN3O. The Morgan fingerprint density at radius 3 is 2.65 bits per heavy atom. The summed E-state index contributed by atoms with van der Waals surface area (Å²) in [5.41, 5.74) is 4.00. The third-order valence-corrected chi connectivity index (χ3v) is 3.71. The zero-order valence-electron chi connectivity index (χ0n) is 11.9. The Balaban J connectivity index is 1.94. The number of hydrogen-bond acceptors (Lipinski definition) is 2. The van der Waals surface area contributed by atoms with Crippen molar-refractivity contribution >= 4 is 27.5 Å². The van der Waals surface area contributed by atoms with Gasteiger partial charge >= 0.3 is 0 Å². The lowest BCUT2D eigenvalue weighted by atomic mass is 10.2. The Bertz CT molecular complexity index is 634. The lowest BCUT2D eigenvalue weighted by Crippen LogP contribution is -2.15. The molecule has 1 heterocycles. The Morgan fingerprint density at radius 1 is 1.30 bits per heavy atom. The average molecular weight is 336 g/mol. The molecule has 0 unspecified atom stereocenters. The van der Waals surface area contributed by atoms with E-state index in [1.165, 1.54) is 0 Å². The molecule has 0 fully saturated rings. The lowest BCUT2D eigenvalue weighted by Gasteiger charge is -2.09. The minimum Gasteiger partial charge on any atom is -0.325 e. The highest BCUT2D eigenvalue weighted by molar-refractivity contribution is 9.10. The van der Waals surface area contributed by atoms with Crippen LogP contribution in [0.4, 0.5) is 5.69 Å². The lowest BCUT2D eigenvalue weighted by molar-refractivity contribution is -0.116. The molecule has 1 aromatic carbocycles. The Labute approximate surface area is 127 Å². The Morgan fingerprint density at radius 2 is 2.05 bits per heavy atom. The number of nitrogens with one attached hydrogen (secondary N) is 1. The maximum atomic E-state index is 12.0. The number of carbonyl (C=O) groups excluding carboxylic acids is 1. The van der Waals surface area contributed by atoms with E-state index in [0.29, 0.717) is 13.0 Å². The third kappa shape index (κ3) is 3.70. The van der Waals surface area contributed by atoms with Crippen LogP contribution in [0.25, 0.3) is 0 Å². The van der Waals surface area contributed by atoms with E-state index in [9.17, 15) is 4.79 Å². The molecule has 0 spiro atoms. The van der Waals surface area contributed by atoms with Gasteiger partial charge in [-0.15, -0.1) is 0 Å². The standard InChI is InChI=1S/C15H18BrN3O/c1-10-4-5-14(13(16)8-10)17-15(20)6-7-19-12(3)9-11(2)18-19/h4-5,8-9H,6-7H2,1-3H3,(H,17,20). The van der Waals surface area contributed by atoms with Crippen LogP contribution in [0.1, 0.15) is 23.4 Å². The maximum Gasteiger partial charge on any atom is 0.226 e. The first-order chi connectivity index (χ1) is 9.45. The van der Waals surface area contributed by atoms with Gasteiger partial charge in [0.05, 0.1) is 11.4 Å². The molecule has 0 saturated heterocycles. The van der Waals surface area contributed by atoms with Gasteiger partial charge in [0.1, 0.15) is 0 Å². The van der Waals surface area contributed by atoms with Crippen molar-refractivity contribution in [1.82, 2.24) is 9.78 Å². The van der Waals surface area contributed by atoms with Crippen LogP contribution >= 0.6 is 15.9 Å². The van der Waals surface area contributed by atoms with E-state index in [1.807, 2.05) is 49.7 Å². The normalized spacial score (nSPS) is 10.6. The SMILES string of the molecule is Cc1ccc(NC(=O)CCn2nc(C)cc2C)c(Br)c1. The van der Waals surface area contributed by atoms with Gasteiger partial charge < -0.3 is 5.32 Å². The van der Waals surface area contributed by atoms with Crippen LogP contribution in [0.3, 0.4) is 0 Å². The number of anilines is 1. The molecule has 1 aromatic heterocycles. The van der Waals surface area contributed by atoms with Gasteiger partial charge in [-0.1, -0.05) is 6.07 Å². The van der Waals surface area contributed by atoms with Crippen LogP contribution in [0.2, 0.25) is 0 Å². The van der Waals surface area contributed by atoms with Gasteiger partial charge in [-0.3, -0.25) is 9.48 Å². The van der Waals surface area contributed by atoms with Crippen molar-refractivity contribution in [2.45, 2.75) is 33.7 Å². The first-order valence-corrected chi connectivity index (χ1v) is 7.32. The Kier molecular flexibility index (Phi) is 4.60. The van der Waals surface area contributed by atoms with E-state index in [1.54, 1.807) is 0 Å². The summed E-state index contributed by atoms with van der Waals surface area (Å²) in [6.45, 7) is 6.55. The van der Waals surface area contributed by atoms with Crippen molar-refractivity contribution in [2.75, 3.05) is 5.32 Å². The van der Waals surface area contributed by atoms with Crippen LogP contribution in [0, 0.1) is 20.8 Å². The van der Waals surface area contributed by atoms with E-state index in [0.717, 1.165) is 27.1 Å². The highest BCUT2D eigenvalue weighted by Crippen LogP contribution is 2.23. The second-order valence-electron chi connectivity index (χ2n) is 4.93. The smallest absolute Gasteiger partial charge is 0.226 e. The molecule has 0 bridgehead atoms. The summed E-state index contributed by atoms with van der Waals surface area (Å²) in [6, 6.07) is 7.87. The summed E-state index contributed by atoms with van der Waals surface area (Å²) in [4.78, 5) is 12.0. The highest BCUT2D eigenvalue weighted by atomic mass is 79.9. The van der Waals surface area contributed by atoms with E-state index in [-0.39, 0.29) is 5.91 Å². The summed E-state index contributed by atoms with van der Waals surface area (Å²) in [5.74, 6) is -0.0119. The molecule has 0 radical (unpaired) electrons. The largest absolute Gasteiger partial charge is 0.325 e. The molecule has 0 aliphatic carbocycles. The summed E-state index contributed by atoms with van der Waals surface area (Å²) < 4.78 is 2.76. The zero-order chi connectivity index (χ0) is 14.7. The summed E-state index contributed by atoms with van der Waals surface area (Å²) >= 11 is 3.45. The van der Waals surface area contributed by atoms with Gasteiger partial charge in [-0.25, -0.2) is 0 Å². The second kappa shape index (κ2) is 6.22. The van der Waals surface area contributed by atoms with Crippen molar-refractivity contribution in [1.29, 1.82) is 0 Å². The maximum absolute atomic E-state index is 12.0. The number of nitrogens with zero attached hydrogens (tertiary/aromatic N) is 2. The van der Waals surface area contributed by atoms with E-state index < -0.39 is 0 Å². The van der Waals surface area contributed by atoms with Crippen LogP contribution in [-0.4, -0.2) is 15.7 Å². The van der Waals surface area contributed by atoms with E-state index >= 15 is 0 Å². The van der Waals surface area contributed by atoms with Crippen molar-refractivity contribution < 1.29 is 4.79 Å². The molecule has 0 atom stereocenters. The minimum absolute atomic E-state index is 0.0119. The predicted molar refractivity (Wildman–Crippen MR) is 83.8 cm³/mol. The number of benzene rings is 1. The van der Waals surface area contributed by atoms with Gasteiger partial charge in [0.2, 0.25) is 5.91 Å². The van der Waals surface area contributed by atoms with Crippen molar-refractivity contribution in [3.63, 3.8) is 0 Å². The molecule has 20 heavy (non-hydrogen) atoms. The topological polar surface area (TPSA) is 46.9 Å². The molecule has 1 N–H and O–H groups in total. The first-order valence-electron chi connectivity index (χ1n) is 6.53. The van der Waals surface area contributed by atoms with Crippen molar-refractivity contribution in [3.8, 4) is 0 Å². The number of aromatic nitrogens is 2. The van der Waals surface area contributed by atoms with Gasteiger partial charge in [-0.05, 0) is 60.5 Å². The fourth-order valence-corrected chi connectivity index (χ4v) is 2.64. The summed E-state index contributed by atoms with van der Waals surface area (Å²) in [5, 5.41) is 7.25. The predicted octanol–water partition coefficient (Wildman–Crippen LogP) is 3.60. The quantitative estimate of drug-likeness (QED) is 0.927. The minimum atomic E-state index is -0.0119. The van der Waals surface area contributed by atoms with Gasteiger partial charge in [0, 0.05) is 23.1 Å². The molecule has 2 rings (SSSR count). The molecular weight excluding hydrogens is 318 g/mol. The molecule has 1 amide bonds. The first kappa shape index (κ1) is 14.8. The third-order valence-electron chi connectivity index (χ3n) is 3.05. The van der Waals surface area contributed by atoms with Crippen molar-refractivity contribution in [3.05, 3.63) is 45.7 Å². The Hall–Kier alpha value is -1.62. The van der Waals surface area contributed by atoms with Gasteiger partial charge in [0.25, 0.3) is 0 Å².